The summed E-state index contributed by atoms with van der Waals surface area (Å²) < 4.78 is 5.72. The highest BCUT2D eigenvalue weighted by Crippen LogP contribution is 2.24. The Balaban J connectivity index is 2.11. The van der Waals surface area contributed by atoms with Crippen molar-refractivity contribution >= 4 is 23.5 Å². The van der Waals surface area contributed by atoms with E-state index in [1.54, 1.807) is 36.4 Å². The van der Waals surface area contributed by atoms with E-state index in [0.717, 1.165) is 5.56 Å². The number of benzene rings is 1. The number of furan rings is 1. The van der Waals surface area contributed by atoms with Crippen molar-refractivity contribution < 1.29 is 24.2 Å². The van der Waals surface area contributed by atoms with Gasteiger partial charge >= 0.3 is 11.9 Å². The highest BCUT2D eigenvalue weighted by atomic mass is 35.5. The summed E-state index contributed by atoms with van der Waals surface area (Å²) in [5, 5.41) is 22.1. The molecule has 6 nitrogen and oxygen atoms in total. The predicted molar refractivity (Wildman–Crippen MR) is 98.3 cm³/mol. The zero-order valence-corrected chi connectivity index (χ0v) is 15.4. The van der Waals surface area contributed by atoms with Gasteiger partial charge in [-0.2, -0.15) is 0 Å². The fourth-order valence-electron chi connectivity index (χ4n) is 2.63. The van der Waals surface area contributed by atoms with Gasteiger partial charge in [0.1, 0.15) is 23.6 Å². The van der Waals surface area contributed by atoms with Crippen molar-refractivity contribution in [1.82, 2.24) is 5.32 Å². The summed E-state index contributed by atoms with van der Waals surface area (Å²) in [7, 11) is 0. The van der Waals surface area contributed by atoms with Gasteiger partial charge < -0.3 is 14.6 Å². The minimum absolute atomic E-state index is 0.0464. The van der Waals surface area contributed by atoms with Gasteiger partial charge in [0.25, 0.3) is 0 Å². The van der Waals surface area contributed by atoms with E-state index >= 15 is 0 Å². The fourth-order valence-corrected chi connectivity index (χ4v) is 2.76. The topological polar surface area (TPSA) is 99.8 Å². The monoisotopic (exact) mass is 379 g/mol. The minimum Gasteiger partial charge on any atom is -0.480 e. The lowest BCUT2D eigenvalue weighted by molar-refractivity contribution is -0.143. The van der Waals surface area contributed by atoms with Crippen LogP contribution in [-0.2, 0) is 16.0 Å². The van der Waals surface area contributed by atoms with Gasteiger partial charge in [0.15, 0.2) is 0 Å². The van der Waals surface area contributed by atoms with E-state index in [1.165, 1.54) is 0 Å². The third-order valence-corrected chi connectivity index (χ3v) is 4.15. The number of carboxylic acid groups (broad SMARTS) is 2. The summed E-state index contributed by atoms with van der Waals surface area (Å²) in [6.07, 6.45) is 0.387. The second-order valence-corrected chi connectivity index (χ2v) is 6.99. The van der Waals surface area contributed by atoms with Gasteiger partial charge in [-0.05, 0) is 48.7 Å². The lowest BCUT2D eigenvalue weighted by Crippen LogP contribution is -2.48. The summed E-state index contributed by atoms with van der Waals surface area (Å²) in [6, 6.07) is 8.55. The molecule has 7 heteroatoms. The molecule has 1 unspecified atom stereocenters. The number of carboxylic acids is 2. The summed E-state index contributed by atoms with van der Waals surface area (Å²) in [4.78, 5) is 22.9. The highest BCUT2D eigenvalue weighted by molar-refractivity contribution is 6.30. The van der Waals surface area contributed by atoms with Gasteiger partial charge in [-0.3, -0.25) is 14.9 Å². The molecule has 2 atom stereocenters. The first-order chi connectivity index (χ1) is 12.3. The van der Waals surface area contributed by atoms with Crippen LogP contribution in [0.25, 0.3) is 11.3 Å². The Hall–Kier alpha value is -2.31. The number of hydrogen-bond donors (Lipinski definition) is 3. The molecular weight excluding hydrogens is 358 g/mol. The van der Waals surface area contributed by atoms with Crippen LogP contribution in [0.2, 0.25) is 5.02 Å². The number of halogens is 1. The van der Waals surface area contributed by atoms with Crippen LogP contribution in [0.3, 0.4) is 0 Å². The van der Waals surface area contributed by atoms with Crippen LogP contribution in [-0.4, -0.2) is 34.2 Å². The molecule has 2 rings (SSSR count). The Kier molecular flexibility index (Phi) is 6.83. The van der Waals surface area contributed by atoms with Crippen LogP contribution in [0.15, 0.2) is 40.8 Å². The Bertz CT molecular complexity index is 754. The quantitative estimate of drug-likeness (QED) is 0.614. The molecule has 0 amide bonds. The van der Waals surface area contributed by atoms with E-state index in [2.05, 4.69) is 5.32 Å². The largest absolute Gasteiger partial charge is 0.480 e. The van der Waals surface area contributed by atoms with Crippen molar-refractivity contribution in [3.8, 4) is 11.3 Å². The number of nitrogens with one attached hydrogen (secondary N) is 1. The van der Waals surface area contributed by atoms with E-state index in [1.807, 2.05) is 13.8 Å². The normalized spacial score (nSPS) is 13.5. The molecule has 1 aromatic carbocycles. The molecule has 3 N–H and O–H groups in total. The molecule has 0 saturated heterocycles. The Morgan fingerprint density at radius 3 is 2.19 bits per heavy atom. The zero-order chi connectivity index (χ0) is 19.3. The SMILES string of the molecule is CC(C)CC(N[C@@H](Cc1ccc(-c2ccc(Cl)cc2)o1)C(=O)O)C(=O)O. The van der Waals surface area contributed by atoms with E-state index in [4.69, 9.17) is 16.0 Å². The predicted octanol–water partition coefficient (Wildman–Crippen LogP) is 3.68. The van der Waals surface area contributed by atoms with E-state index in [0.29, 0.717) is 23.0 Å². The average molecular weight is 380 g/mol. The first-order valence-electron chi connectivity index (χ1n) is 8.32. The number of carbonyl (C=O) groups is 2. The number of hydrogen-bond acceptors (Lipinski definition) is 4. The minimum atomic E-state index is -1.12. The molecule has 1 aromatic heterocycles. The molecule has 0 aliphatic heterocycles. The van der Waals surface area contributed by atoms with Gasteiger partial charge in [-0.15, -0.1) is 0 Å². The highest BCUT2D eigenvalue weighted by Gasteiger charge is 2.27. The zero-order valence-electron chi connectivity index (χ0n) is 14.6. The van der Waals surface area contributed by atoms with Gasteiger partial charge in [0, 0.05) is 17.0 Å². The Morgan fingerprint density at radius 2 is 1.65 bits per heavy atom. The van der Waals surface area contributed by atoms with Crippen molar-refractivity contribution in [2.24, 2.45) is 5.92 Å². The fraction of sp³-hybridized carbons (Fsp3) is 0.368. The van der Waals surface area contributed by atoms with Crippen LogP contribution in [0, 0.1) is 5.92 Å². The summed E-state index contributed by atoms with van der Waals surface area (Å²) >= 11 is 5.87. The first-order valence-corrected chi connectivity index (χ1v) is 8.70. The van der Waals surface area contributed by atoms with Gasteiger partial charge in [0.05, 0.1) is 0 Å². The number of aliphatic carboxylic acids is 2. The lowest BCUT2D eigenvalue weighted by Gasteiger charge is -2.21. The maximum Gasteiger partial charge on any atom is 0.321 e. The standard InChI is InChI=1S/C19H22ClNO5/c1-11(2)9-15(18(22)23)21-16(19(24)25)10-14-7-8-17(26-14)12-3-5-13(20)6-4-12/h3-8,11,15-16,21H,9-10H2,1-2H3,(H,22,23)(H,24,25)/t15?,16-/m0/s1. The van der Waals surface area contributed by atoms with Crippen LogP contribution >= 0.6 is 11.6 Å². The Labute approximate surface area is 156 Å². The summed E-state index contributed by atoms with van der Waals surface area (Å²) in [5.41, 5.74) is 0.823. The summed E-state index contributed by atoms with van der Waals surface area (Å²) in [6.45, 7) is 3.77. The van der Waals surface area contributed by atoms with Crippen molar-refractivity contribution in [1.29, 1.82) is 0 Å². The van der Waals surface area contributed by atoms with Crippen molar-refractivity contribution in [3.05, 3.63) is 47.2 Å². The maximum absolute atomic E-state index is 11.6. The molecule has 2 aromatic rings. The Morgan fingerprint density at radius 1 is 1.04 bits per heavy atom. The lowest BCUT2D eigenvalue weighted by atomic mass is 10.0. The van der Waals surface area contributed by atoms with Gasteiger partial charge in [0.2, 0.25) is 0 Å². The molecule has 0 bridgehead atoms. The third kappa shape index (κ3) is 5.61. The first kappa shape index (κ1) is 20.0. The smallest absolute Gasteiger partial charge is 0.321 e. The summed E-state index contributed by atoms with van der Waals surface area (Å²) in [5.74, 6) is -1.00. The van der Waals surface area contributed by atoms with Crippen molar-refractivity contribution in [2.75, 3.05) is 0 Å². The van der Waals surface area contributed by atoms with Gasteiger partial charge in [-0.25, -0.2) is 0 Å². The molecule has 0 fully saturated rings. The molecular formula is C19H22ClNO5. The van der Waals surface area contributed by atoms with E-state index in [9.17, 15) is 19.8 Å². The van der Waals surface area contributed by atoms with E-state index in [-0.39, 0.29) is 12.3 Å². The van der Waals surface area contributed by atoms with Crippen LogP contribution in [0.1, 0.15) is 26.0 Å². The van der Waals surface area contributed by atoms with Crippen LogP contribution in [0.5, 0.6) is 0 Å². The molecule has 26 heavy (non-hydrogen) atoms. The van der Waals surface area contributed by atoms with Crippen LogP contribution in [0.4, 0.5) is 0 Å². The van der Waals surface area contributed by atoms with Crippen LogP contribution < -0.4 is 5.32 Å². The van der Waals surface area contributed by atoms with Crippen molar-refractivity contribution in [2.45, 2.75) is 38.8 Å². The maximum atomic E-state index is 11.6. The molecule has 0 saturated carbocycles. The molecule has 0 aliphatic carbocycles. The molecule has 1 heterocycles. The number of rotatable bonds is 9. The third-order valence-electron chi connectivity index (χ3n) is 3.90. The van der Waals surface area contributed by atoms with E-state index < -0.39 is 24.0 Å². The second-order valence-electron chi connectivity index (χ2n) is 6.55. The molecule has 0 spiro atoms. The van der Waals surface area contributed by atoms with Crippen molar-refractivity contribution in [3.63, 3.8) is 0 Å². The molecule has 0 radical (unpaired) electrons. The molecule has 140 valence electrons. The van der Waals surface area contributed by atoms with Gasteiger partial charge in [-0.1, -0.05) is 25.4 Å². The second kappa shape index (κ2) is 8.87. The average Bonchev–Trinajstić information content (AvgIpc) is 3.02. The molecule has 0 aliphatic rings.